The Balaban J connectivity index is 2.45. The highest BCUT2D eigenvalue weighted by molar-refractivity contribution is 6.93. The summed E-state index contributed by atoms with van der Waals surface area (Å²) in [5, 5.41) is 1.14. The summed E-state index contributed by atoms with van der Waals surface area (Å²) in [4.78, 5) is 0. The maximum atomic E-state index is 5.51. The van der Waals surface area contributed by atoms with Gasteiger partial charge < -0.3 is 4.43 Å². The van der Waals surface area contributed by atoms with Crippen LogP contribution < -0.4 is 0 Å². The van der Waals surface area contributed by atoms with Crippen LogP contribution in [0.5, 0.6) is 0 Å². The summed E-state index contributed by atoms with van der Waals surface area (Å²) < 4.78 is 5.16. The summed E-state index contributed by atoms with van der Waals surface area (Å²) in [6.45, 7) is 3.06. The van der Waals surface area contributed by atoms with Crippen LogP contribution in [-0.4, -0.2) is 30.7 Å². The zero-order valence-corrected chi connectivity index (χ0v) is 8.20. The summed E-state index contributed by atoms with van der Waals surface area (Å²) in [6, 6.07) is 0. The quantitative estimate of drug-likeness (QED) is 0.412. The van der Waals surface area contributed by atoms with E-state index in [9.17, 15) is 0 Å². The van der Waals surface area contributed by atoms with E-state index >= 15 is 0 Å². The molecule has 0 unspecified atom stereocenters. The van der Waals surface area contributed by atoms with E-state index in [1.807, 2.05) is 0 Å². The van der Waals surface area contributed by atoms with Crippen molar-refractivity contribution < 1.29 is 4.43 Å². The highest BCUT2D eigenvalue weighted by Crippen LogP contribution is 1.81. The Hall–Kier alpha value is 0.999. The normalized spacial score (nSPS) is 10.6. The average molecular weight is 153 g/mol. The molecular weight excluding hydrogens is 143 g/mol. The molecule has 0 atom stereocenters. The Morgan fingerprint density at radius 3 is 3.00 bits per heavy atom. The minimum absolute atomic E-state index is 0.143. The molecule has 0 aliphatic rings. The van der Waals surface area contributed by atoms with Gasteiger partial charge in [-0.15, -0.1) is 0 Å². The van der Waals surface area contributed by atoms with Crippen molar-refractivity contribution in [2.24, 2.45) is 0 Å². The van der Waals surface area contributed by atoms with Gasteiger partial charge in [0, 0.05) is 6.61 Å². The predicted molar refractivity (Wildman–Crippen MR) is 38.2 cm³/mol. The van der Waals surface area contributed by atoms with Crippen LogP contribution in [0.1, 0.15) is 0 Å². The molecule has 0 spiro atoms. The van der Waals surface area contributed by atoms with Crippen LogP contribution >= 0.6 is 10.0 Å². The largest absolute Gasteiger partial charge is 0.425 e. The lowest BCUT2D eigenvalue weighted by Crippen LogP contribution is -1.96. The second-order valence-electron chi connectivity index (χ2n) is 1.24. The minimum atomic E-state index is -0.237. The van der Waals surface area contributed by atoms with Crippen LogP contribution in [-0.2, 0) is 4.43 Å². The van der Waals surface area contributed by atoms with Crippen molar-refractivity contribution in [2.45, 2.75) is 11.8 Å². The topological polar surface area (TPSA) is 9.23 Å². The summed E-state index contributed by atoms with van der Waals surface area (Å²) in [5.41, 5.74) is 0. The Morgan fingerprint density at radius 2 is 2.57 bits per heavy atom. The highest BCUT2D eigenvalue weighted by Gasteiger charge is 1.85. The van der Waals surface area contributed by atoms with Gasteiger partial charge in [0.05, 0.1) is 0 Å². The molecule has 0 aromatic carbocycles. The fourth-order valence-corrected chi connectivity index (χ4v) is 1.84. The third kappa shape index (κ3) is 7.00. The summed E-state index contributed by atoms with van der Waals surface area (Å²) in [5.74, 6) is 0. The SMILES string of the molecule is C[SiH2]OC[CH2][AlH][Cl]. The standard InChI is InChI=1S/C3H9OSi.Al.ClH.H/c1-3-4-5-2;;;/h1,3,5H2,2H3;;1H;/q;+1;;/p-1. The van der Waals surface area contributed by atoms with Crippen molar-refractivity contribution in [2.75, 3.05) is 6.61 Å². The molecule has 42 valence electrons. The maximum Gasteiger partial charge on any atom is 0.378 e. The molecule has 0 aromatic heterocycles. The van der Waals surface area contributed by atoms with Crippen LogP contribution in [0.4, 0.5) is 0 Å². The van der Waals surface area contributed by atoms with Crippen LogP contribution in [0.25, 0.3) is 0 Å². The summed E-state index contributed by atoms with van der Waals surface area (Å²) in [6.07, 6.45) is 0. The summed E-state index contributed by atoms with van der Waals surface area (Å²) in [7, 11) is 5.37. The van der Waals surface area contributed by atoms with Crippen molar-refractivity contribution >= 4 is 34.1 Å². The Bertz CT molecular complexity index is 34.1. The molecule has 7 heavy (non-hydrogen) atoms. The van der Waals surface area contributed by atoms with Gasteiger partial charge in [0.1, 0.15) is 0 Å². The van der Waals surface area contributed by atoms with Gasteiger partial charge in [0.25, 0.3) is 0 Å². The third-order valence-corrected chi connectivity index (χ3v) is 2.68. The average Bonchev–Trinajstić information content (AvgIpc) is 1.69. The predicted octanol–water partition coefficient (Wildman–Crippen LogP) is 0.143. The molecule has 0 bridgehead atoms. The molecule has 0 fully saturated rings. The Labute approximate surface area is 57.2 Å². The molecule has 0 heterocycles. The molecule has 0 radical (unpaired) electrons. The fraction of sp³-hybridized carbons (Fsp3) is 1.00. The van der Waals surface area contributed by atoms with E-state index in [1.54, 1.807) is 0 Å². The van der Waals surface area contributed by atoms with E-state index < -0.39 is 0 Å². The smallest absolute Gasteiger partial charge is 0.378 e. The molecule has 0 saturated heterocycles. The van der Waals surface area contributed by atoms with E-state index in [2.05, 4.69) is 6.55 Å². The molecule has 0 rings (SSSR count). The van der Waals surface area contributed by atoms with Crippen LogP contribution in [0.15, 0.2) is 0 Å². The molecule has 0 aliphatic heterocycles. The van der Waals surface area contributed by atoms with Crippen molar-refractivity contribution in [3.63, 3.8) is 0 Å². The number of rotatable bonds is 4. The summed E-state index contributed by atoms with van der Waals surface area (Å²) >= 11 is -0.237. The van der Waals surface area contributed by atoms with Crippen LogP contribution in [0.3, 0.4) is 0 Å². The lowest BCUT2D eigenvalue weighted by molar-refractivity contribution is 0.364. The molecule has 0 N–H and O–H groups in total. The minimum Gasteiger partial charge on any atom is -0.425 e. The van der Waals surface area contributed by atoms with Crippen LogP contribution in [0, 0.1) is 0 Å². The van der Waals surface area contributed by atoms with Gasteiger partial charge in [-0.1, -0.05) is 11.8 Å². The first-order valence-electron chi connectivity index (χ1n) is 2.55. The molecule has 4 heteroatoms. The number of hydrogen-bond acceptors (Lipinski definition) is 1. The first kappa shape index (κ1) is 8.00. The van der Waals surface area contributed by atoms with Crippen molar-refractivity contribution in [3.8, 4) is 0 Å². The zero-order valence-electron chi connectivity index (χ0n) is 4.61. The first-order valence-corrected chi connectivity index (χ1v) is 7.68. The molecule has 0 aromatic rings. The van der Waals surface area contributed by atoms with E-state index in [1.165, 1.54) is 0 Å². The van der Waals surface area contributed by atoms with E-state index in [0.717, 1.165) is 11.9 Å². The van der Waals surface area contributed by atoms with Gasteiger partial charge in [-0.2, -0.15) is 0 Å². The lowest BCUT2D eigenvalue weighted by atomic mass is 10.9. The van der Waals surface area contributed by atoms with Gasteiger partial charge in [-0.3, -0.25) is 10.0 Å². The second kappa shape index (κ2) is 7.00. The van der Waals surface area contributed by atoms with E-state index in [-0.39, 0.29) is 24.1 Å². The molecule has 1 nitrogen and oxygen atoms in total. The zero-order chi connectivity index (χ0) is 5.54. The highest BCUT2D eigenvalue weighted by atomic mass is 35.6. The number of halogens is 1. The van der Waals surface area contributed by atoms with E-state index in [0.29, 0.717) is 0 Å². The van der Waals surface area contributed by atoms with Gasteiger partial charge in [0.15, 0.2) is 9.76 Å². The fourth-order valence-electron chi connectivity index (χ4n) is 0.301. The van der Waals surface area contributed by atoms with Crippen LogP contribution in [0.2, 0.25) is 11.8 Å². The van der Waals surface area contributed by atoms with Gasteiger partial charge in [-0.25, -0.2) is 0 Å². The second-order valence-corrected chi connectivity index (χ2v) is 4.44. The maximum absolute atomic E-state index is 5.51. The monoisotopic (exact) mass is 152 g/mol. The first-order chi connectivity index (χ1) is 3.41. The van der Waals surface area contributed by atoms with Gasteiger partial charge in [-0.05, 0) is 0 Å². The van der Waals surface area contributed by atoms with Gasteiger partial charge in [0.2, 0.25) is 0 Å². The molecule has 0 aliphatic carbocycles. The van der Waals surface area contributed by atoms with Gasteiger partial charge >= 0.3 is 14.3 Å². The molecular formula is C3H10AlClOSi. The lowest BCUT2D eigenvalue weighted by Gasteiger charge is -1.93. The van der Waals surface area contributed by atoms with Crippen molar-refractivity contribution in [3.05, 3.63) is 0 Å². The number of hydrogen-bond donors (Lipinski definition) is 0. The van der Waals surface area contributed by atoms with Crippen molar-refractivity contribution in [1.29, 1.82) is 0 Å². The Morgan fingerprint density at radius 1 is 1.86 bits per heavy atom. The molecule has 0 amide bonds. The van der Waals surface area contributed by atoms with Crippen molar-refractivity contribution in [1.82, 2.24) is 0 Å². The third-order valence-electron chi connectivity index (χ3n) is 0.626. The molecule has 0 saturated carbocycles. The van der Waals surface area contributed by atoms with E-state index in [4.69, 9.17) is 14.5 Å². The Kier molecular flexibility index (Phi) is 8.00.